The second-order valence-corrected chi connectivity index (χ2v) is 10.4. The topological polar surface area (TPSA) is 34.1 Å². The van der Waals surface area contributed by atoms with Crippen LogP contribution in [-0.4, -0.2) is 18.6 Å². The SMILES string of the molecule is C[Si](C)(C)c1cc(C(=O)Cl)cc(C(=O)Cl)c1. The Balaban J connectivity index is 3.42. The summed E-state index contributed by atoms with van der Waals surface area (Å²) in [4.78, 5) is 22.3. The van der Waals surface area contributed by atoms with E-state index in [9.17, 15) is 9.59 Å². The largest absolute Gasteiger partial charge is 0.276 e. The van der Waals surface area contributed by atoms with Crippen molar-refractivity contribution < 1.29 is 9.59 Å². The van der Waals surface area contributed by atoms with E-state index in [4.69, 9.17) is 23.2 Å². The molecule has 86 valence electrons. The van der Waals surface area contributed by atoms with Gasteiger partial charge in [-0.2, -0.15) is 0 Å². The van der Waals surface area contributed by atoms with Crippen molar-refractivity contribution in [3.8, 4) is 0 Å². The van der Waals surface area contributed by atoms with E-state index in [0.717, 1.165) is 5.19 Å². The van der Waals surface area contributed by atoms with Crippen LogP contribution in [0.5, 0.6) is 0 Å². The second-order valence-electron chi connectivity index (χ2n) is 4.60. The van der Waals surface area contributed by atoms with Crippen molar-refractivity contribution in [2.24, 2.45) is 0 Å². The predicted octanol–water partition coefficient (Wildman–Crippen LogP) is 2.99. The van der Waals surface area contributed by atoms with Gasteiger partial charge in [-0.05, 0) is 29.3 Å². The van der Waals surface area contributed by atoms with E-state index in [1.54, 1.807) is 12.1 Å². The summed E-state index contributed by atoms with van der Waals surface area (Å²) in [5, 5.41) is -0.151. The molecular formula is C11H12Cl2O2Si. The van der Waals surface area contributed by atoms with E-state index in [1.807, 2.05) is 0 Å². The molecule has 0 bridgehead atoms. The number of carbonyl (C=O) groups is 2. The third kappa shape index (κ3) is 3.17. The molecule has 16 heavy (non-hydrogen) atoms. The fourth-order valence-electron chi connectivity index (χ4n) is 1.29. The molecule has 0 aliphatic heterocycles. The first kappa shape index (κ1) is 13.4. The summed E-state index contributed by atoms with van der Waals surface area (Å²) in [6.45, 7) is 6.36. The Morgan fingerprint density at radius 3 is 1.56 bits per heavy atom. The molecule has 0 aliphatic rings. The molecule has 0 saturated heterocycles. The highest BCUT2D eigenvalue weighted by Crippen LogP contribution is 2.13. The van der Waals surface area contributed by atoms with Crippen molar-refractivity contribution in [2.45, 2.75) is 19.6 Å². The van der Waals surface area contributed by atoms with E-state index < -0.39 is 18.6 Å². The quantitative estimate of drug-likeness (QED) is 0.627. The molecule has 1 aromatic rings. The van der Waals surface area contributed by atoms with Crippen LogP contribution in [0.15, 0.2) is 18.2 Å². The summed E-state index contributed by atoms with van der Waals surface area (Å²) in [6, 6.07) is 4.91. The first-order valence-electron chi connectivity index (χ1n) is 4.77. The molecular weight excluding hydrogens is 263 g/mol. The van der Waals surface area contributed by atoms with E-state index in [-0.39, 0.29) is 0 Å². The van der Waals surface area contributed by atoms with Gasteiger partial charge >= 0.3 is 0 Å². The molecule has 0 heterocycles. The maximum Gasteiger partial charge on any atom is 0.252 e. The van der Waals surface area contributed by atoms with Gasteiger partial charge in [-0.15, -0.1) is 0 Å². The Labute approximate surface area is 106 Å². The smallest absolute Gasteiger partial charge is 0.252 e. The van der Waals surface area contributed by atoms with Gasteiger partial charge < -0.3 is 0 Å². The molecule has 0 radical (unpaired) electrons. The van der Waals surface area contributed by atoms with Crippen LogP contribution >= 0.6 is 23.2 Å². The van der Waals surface area contributed by atoms with Crippen molar-refractivity contribution in [3.63, 3.8) is 0 Å². The van der Waals surface area contributed by atoms with Crippen molar-refractivity contribution in [2.75, 3.05) is 0 Å². The molecule has 0 amide bonds. The summed E-state index contributed by atoms with van der Waals surface area (Å²) in [6.07, 6.45) is 0. The Hall–Kier alpha value is -0.643. The van der Waals surface area contributed by atoms with Crippen molar-refractivity contribution in [1.82, 2.24) is 0 Å². The first-order chi connectivity index (χ1) is 7.21. The summed E-state index contributed by atoms with van der Waals surface area (Å²) in [5.41, 5.74) is 0.649. The number of rotatable bonds is 3. The minimum atomic E-state index is -1.61. The average molecular weight is 275 g/mol. The third-order valence-electron chi connectivity index (χ3n) is 2.25. The fraction of sp³-hybridized carbons (Fsp3) is 0.273. The average Bonchev–Trinajstić information content (AvgIpc) is 2.15. The van der Waals surface area contributed by atoms with Gasteiger partial charge in [-0.3, -0.25) is 9.59 Å². The van der Waals surface area contributed by atoms with E-state index in [1.165, 1.54) is 6.07 Å². The van der Waals surface area contributed by atoms with Crippen LogP contribution in [0.25, 0.3) is 0 Å². The zero-order chi connectivity index (χ0) is 12.5. The number of carbonyl (C=O) groups excluding carboxylic acids is 2. The Morgan fingerprint density at radius 1 is 0.938 bits per heavy atom. The number of halogens is 2. The highest BCUT2D eigenvalue weighted by Gasteiger charge is 2.20. The Kier molecular flexibility index (Phi) is 3.94. The fourth-order valence-corrected chi connectivity index (χ4v) is 2.68. The minimum Gasteiger partial charge on any atom is -0.276 e. The van der Waals surface area contributed by atoms with Crippen molar-refractivity contribution in [1.29, 1.82) is 0 Å². The molecule has 0 fully saturated rings. The molecule has 5 heteroatoms. The van der Waals surface area contributed by atoms with Gasteiger partial charge in [0.1, 0.15) is 0 Å². The molecule has 0 saturated carbocycles. The molecule has 1 aromatic carbocycles. The van der Waals surface area contributed by atoms with E-state index in [0.29, 0.717) is 11.1 Å². The number of hydrogen-bond acceptors (Lipinski definition) is 2. The van der Waals surface area contributed by atoms with Crippen LogP contribution in [0.2, 0.25) is 19.6 Å². The summed E-state index contributed by atoms with van der Waals surface area (Å²) < 4.78 is 0. The molecule has 0 spiro atoms. The van der Waals surface area contributed by atoms with Gasteiger partial charge in [0, 0.05) is 11.1 Å². The molecule has 0 N–H and O–H groups in total. The van der Waals surface area contributed by atoms with Crippen LogP contribution in [0.1, 0.15) is 20.7 Å². The lowest BCUT2D eigenvalue weighted by Crippen LogP contribution is -2.38. The lowest BCUT2D eigenvalue weighted by atomic mass is 10.1. The van der Waals surface area contributed by atoms with Gasteiger partial charge in [0.15, 0.2) is 0 Å². The van der Waals surface area contributed by atoms with Crippen LogP contribution in [0, 0.1) is 0 Å². The standard InChI is InChI=1S/C11H12Cl2O2Si/c1-16(2,3)9-5-7(10(12)14)4-8(6-9)11(13)15/h4-6H,1-3H3. The molecule has 0 aliphatic carbocycles. The highest BCUT2D eigenvalue weighted by atomic mass is 35.5. The van der Waals surface area contributed by atoms with Crippen molar-refractivity contribution >= 4 is 46.9 Å². The van der Waals surface area contributed by atoms with Gasteiger partial charge in [-0.25, -0.2) is 0 Å². The van der Waals surface area contributed by atoms with Gasteiger partial charge in [0.2, 0.25) is 0 Å². The number of hydrogen-bond donors (Lipinski definition) is 0. The highest BCUT2D eigenvalue weighted by molar-refractivity contribution is 6.89. The summed E-state index contributed by atoms with van der Waals surface area (Å²) in [5.74, 6) is 0. The molecule has 0 atom stereocenters. The van der Waals surface area contributed by atoms with E-state index in [2.05, 4.69) is 19.6 Å². The summed E-state index contributed by atoms with van der Waals surface area (Å²) >= 11 is 10.8. The second kappa shape index (κ2) is 4.70. The van der Waals surface area contributed by atoms with Crippen molar-refractivity contribution in [3.05, 3.63) is 29.3 Å². The van der Waals surface area contributed by atoms with Gasteiger partial charge in [0.25, 0.3) is 10.5 Å². The Morgan fingerprint density at radius 2 is 1.31 bits per heavy atom. The molecule has 0 unspecified atom stereocenters. The normalized spacial score (nSPS) is 11.3. The molecule has 0 aromatic heterocycles. The molecule has 1 rings (SSSR count). The predicted molar refractivity (Wildman–Crippen MR) is 69.8 cm³/mol. The lowest BCUT2D eigenvalue weighted by molar-refractivity contribution is 0.108. The van der Waals surface area contributed by atoms with Gasteiger partial charge in [-0.1, -0.05) is 37.0 Å². The maximum absolute atomic E-state index is 11.1. The maximum atomic E-state index is 11.1. The van der Waals surface area contributed by atoms with Gasteiger partial charge in [0.05, 0.1) is 8.07 Å². The zero-order valence-corrected chi connectivity index (χ0v) is 11.8. The van der Waals surface area contributed by atoms with Crippen LogP contribution in [0.3, 0.4) is 0 Å². The minimum absolute atomic E-state index is 0.325. The Bertz CT molecular complexity index is 418. The monoisotopic (exact) mass is 274 g/mol. The zero-order valence-electron chi connectivity index (χ0n) is 9.30. The van der Waals surface area contributed by atoms with Crippen LogP contribution < -0.4 is 5.19 Å². The lowest BCUT2D eigenvalue weighted by Gasteiger charge is -2.17. The van der Waals surface area contributed by atoms with E-state index >= 15 is 0 Å². The van der Waals surface area contributed by atoms with Crippen LogP contribution in [-0.2, 0) is 0 Å². The number of benzene rings is 1. The van der Waals surface area contributed by atoms with Crippen LogP contribution in [0.4, 0.5) is 0 Å². The molecule has 2 nitrogen and oxygen atoms in total. The summed E-state index contributed by atoms with van der Waals surface area (Å²) in [7, 11) is -1.61. The third-order valence-corrected chi connectivity index (χ3v) is 4.71. The first-order valence-corrected chi connectivity index (χ1v) is 9.02.